The average molecular weight is 393 g/mol. The number of primary amides is 1. The summed E-state index contributed by atoms with van der Waals surface area (Å²) < 4.78 is 5.86. The zero-order chi connectivity index (χ0) is 19.4. The smallest absolute Gasteiger partial charge is 0.312 e. The Morgan fingerprint density at radius 2 is 2.19 bits per heavy atom. The number of halogens is 1. The summed E-state index contributed by atoms with van der Waals surface area (Å²) >= 11 is 6.40. The molecule has 27 heavy (non-hydrogen) atoms. The number of hydrogen-bond acceptors (Lipinski definition) is 5. The van der Waals surface area contributed by atoms with Crippen molar-refractivity contribution in [2.45, 2.75) is 56.2 Å². The van der Waals surface area contributed by atoms with Crippen molar-refractivity contribution in [1.29, 1.82) is 0 Å². The van der Waals surface area contributed by atoms with E-state index in [9.17, 15) is 9.59 Å². The lowest BCUT2D eigenvalue weighted by Crippen LogP contribution is -2.54. The van der Waals surface area contributed by atoms with Crippen molar-refractivity contribution in [3.05, 3.63) is 34.9 Å². The highest BCUT2D eigenvalue weighted by molar-refractivity contribution is 6.32. The minimum Gasteiger partial charge on any atom is -0.468 e. The Morgan fingerprint density at radius 3 is 2.93 bits per heavy atom. The molecule has 8 heteroatoms. The van der Waals surface area contributed by atoms with Crippen LogP contribution in [0.3, 0.4) is 0 Å². The number of nitrogens with two attached hydrogens (primary N) is 2. The van der Waals surface area contributed by atoms with Crippen molar-refractivity contribution in [3.63, 3.8) is 0 Å². The lowest BCUT2D eigenvalue weighted by Gasteiger charge is -2.42. The monoisotopic (exact) mass is 392 g/mol. The van der Waals surface area contributed by atoms with Gasteiger partial charge in [-0.2, -0.15) is 0 Å². The van der Waals surface area contributed by atoms with Crippen molar-refractivity contribution in [1.82, 2.24) is 5.32 Å². The summed E-state index contributed by atoms with van der Waals surface area (Å²) in [5, 5.41) is 3.08. The van der Waals surface area contributed by atoms with Gasteiger partial charge >= 0.3 is 6.03 Å². The summed E-state index contributed by atoms with van der Waals surface area (Å²) in [5.74, 6) is 0.380. The third-order valence-corrected chi connectivity index (χ3v) is 5.48. The van der Waals surface area contributed by atoms with Crippen LogP contribution in [0.15, 0.2) is 29.3 Å². The SMILES string of the molecule is NC(=O)NCCCCC(N)C1=N[C@]2(c3ccccc3Cl)CCC[C@H](O1)C2=O. The fourth-order valence-electron chi connectivity index (χ4n) is 3.77. The third kappa shape index (κ3) is 4.09. The summed E-state index contributed by atoms with van der Waals surface area (Å²) in [5.41, 5.74) is 11.1. The van der Waals surface area contributed by atoms with Crippen molar-refractivity contribution >= 4 is 29.3 Å². The molecule has 0 spiro atoms. The number of benzene rings is 1. The minimum absolute atomic E-state index is 0.0385. The summed E-state index contributed by atoms with van der Waals surface area (Å²) in [6.07, 6.45) is 3.76. The van der Waals surface area contributed by atoms with Gasteiger partial charge in [0.15, 0.2) is 11.6 Å². The third-order valence-electron chi connectivity index (χ3n) is 5.15. The Bertz CT molecular complexity index is 754. The second-order valence-electron chi connectivity index (χ2n) is 7.05. The van der Waals surface area contributed by atoms with Gasteiger partial charge in [-0.1, -0.05) is 29.8 Å². The normalized spacial score (nSPS) is 25.3. The van der Waals surface area contributed by atoms with Gasteiger partial charge in [-0.05, 0) is 44.6 Å². The van der Waals surface area contributed by atoms with E-state index in [4.69, 9.17) is 32.8 Å². The summed E-state index contributed by atoms with van der Waals surface area (Å²) in [4.78, 5) is 28.4. The Kier molecular flexibility index (Phi) is 6.01. The zero-order valence-corrected chi connectivity index (χ0v) is 15.9. The molecule has 3 atom stereocenters. The van der Waals surface area contributed by atoms with E-state index in [-0.39, 0.29) is 5.78 Å². The topological polar surface area (TPSA) is 120 Å². The van der Waals surface area contributed by atoms with Gasteiger partial charge in [0.25, 0.3) is 0 Å². The van der Waals surface area contributed by atoms with Crippen LogP contribution in [0.1, 0.15) is 44.1 Å². The molecule has 1 unspecified atom stereocenters. The van der Waals surface area contributed by atoms with Gasteiger partial charge in [-0.3, -0.25) is 4.79 Å². The number of nitrogens with one attached hydrogen (secondary N) is 1. The van der Waals surface area contributed by atoms with Gasteiger partial charge in [-0.25, -0.2) is 9.79 Å². The predicted octanol–water partition coefficient (Wildman–Crippen LogP) is 2.25. The Labute approximate surface area is 163 Å². The van der Waals surface area contributed by atoms with E-state index in [0.29, 0.717) is 36.7 Å². The Balaban J connectivity index is 1.78. The van der Waals surface area contributed by atoms with Crippen molar-refractivity contribution in [3.8, 4) is 0 Å². The summed E-state index contributed by atoms with van der Waals surface area (Å²) in [6.45, 7) is 0.500. The molecule has 1 fully saturated rings. The summed E-state index contributed by atoms with van der Waals surface area (Å²) in [6, 6.07) is 6.39. The lowest BCUT2D eigenvalue weighted by molar-refractivity contribution is -0.137. The largest absolute Gasteiger partial charge is 0.468 e. The number of fused-ring (bicyclic) bond motifs is 2. The lowest BCUT2D eigenvalue weighted by atomic mass is 9.73. The van der Waals surface area contributed by atoms with Crippen molar-refractivity contribution in [2.75, 3.05) is 6.54 Å². The van der Waals surface area contributed by atoms with Crippen LogP contribution < -0.4 is 16.8 Å². The second kappa shape index (κ2) is 8.27. The highest BCUT2D eigenvalue weighted by Gasteiger charge is 2.52. The molecule has 1 aliphatic carbocycles. The van der Waals surface area contributed by atoms with Gasteiger partial charge in [-0.15, -0.1) is 0 Å². The van der Waals surface area contributed by atoms with E-state index >= 15 is 0 Å². The molecule has 0 saturated heterocycles. The van der Waals surface area contributed by atoms with E-state index < -0.39 is 23.7 Å². The fourth-order valence-corrected chi connectivity index (χ4v) is 4.06. The Hall–Kier alpha value is -2.12. The standard InChI is InChI=1S/C19H25ClN4O3/c20-13-7-2-1-6-12(13)19-10-5-9-15(16(19)25)27-17(24-19)14(21)8-3-4-11-23-18(22)26/h1-2,6-7,14-15H,3-5,8-11,21H2,(H3,22,23,26)/t14?,15-,19-/m0/s1. The van der Waals surface area contributed by atoms with Crippen molar-refractivity contribution in [2.24, 2.45) is 16.5 Å². The first-order chi connectivity index (χ1) is 12.9. The van der Waals surface area contributed by atoms with E-state index in [2.05, 4.69) is 5.32 Å². The molecule has 1 heterocycles. The van der Waals surface area contributed by atoms with E-state index in [1.807, 2.05) is 18.2 Å². The van der Waals surface area contributed by atoms with Gasteiger partial charge in [0.05, 0.1) is 6.04 Å². The number of carbonyl (C=O) groups is 2. The predicted molar refractivity (Wildman–Crippen MR) is 104 cm³/mol. The van der Waals surface area contributed by atoms with Crippen LogP contribution in [0.4, 0.5) is 4.79 Å². The van der Waals surface area contributed by atoms with Gasteiger partial charge in [0.1, 0.15) is 0 Å². The molecule has 5 N–H and O–H groups in total. The number of ketones is 1. The van der Waals surface area contributed by atoms with E-state index in [1.54, 1.807) is 6.07 Å². The number of unbranched alkanes of at least 4 members (excludes halogenated alkanes) is 1. The number of nitrogens with zero attached hydrogens (tertiary/aromatic N) is 1. The van der Waals surface area contributed by atoms with Crippen LogP contribution in [0, 0.1) is 0 Å². The molecule has 2 amide bonds. The maximum Gasteiger partial charge on any atom is 0.312 e. The highest BCUT2D eigenvalue weighted by Crippen LogP contribution is 2.44. The molecule has 1 saturated carbocycles. The first-order valence-electron chi connectivity index (χ1n) is 9.28. The maximum absolute atomic E-state index is 13.0. The van der Waals surface area contributed by atoms with Crippen LogP contribution >= 0.6 is 11.6 Å². The summed E-state index contributed by atoms with van der Waals surface area (Å²) in [7, 11) is 0. The number of ether oxygens (including phenoxy) is 1. The van der Waals surface area contributed by atoms with E-state index in [0.717, 1.165) is 24.8 Å². The Morgan fingerprint density at radius 1 is 1.41 bits per heavy atom. The number of carbonyl (C=O) groups excluding carboxylic acids is 2. The number of amides is 2. The number of urea groups is 1. The second-order valence-corrected chi connectivity index (χ2v) is 7.45. The average Bonchev–Trinajstić information content (AvgIpc) is 2.61. The van der Waals surface area contributed by atoms with Gasteiger partial charge in [0, 0.05) is 17.1 Å². The molecule has 1 aromatic carbocycles. The molecule has 146 valence electrons. The molecule has 0 radical (unpaired) electrons. The fraction of sp³-hybridized carbons (Fsp3) is 0.526. The van der Waals surface area contributed by atoms with Crippen LogP contribution in [-0.2, 0) is 15.1 Å². The van der Waals surface area contributed by atoms with Gasteiger partial charge < -0.3 is 21.5 Å². The van der Waals surface area contributed by atoms with E-state index in [1.165, 1.54) is 0 Å². The molecule has 2 bridgehead atoms. The van der Waals surface area contributed by atoms with Crippen LogP contribution in [0.5, 0.6) is 0 Å². The van der Waals surface area contributed by atoms with Gasteiger partial charge in [0.2, 0.25) is 11.7 Å². The maximum atomic E-state index is 13.0. The first kappa shape index (κ1) is 19.6. The first-order valence-corrected chi connectivity index (χ1v) is 9.66. The highest BCUT2D eigenvalue weighted by atomic mass is 35.5. The molecule has 1 aromatic rings. The number of aliphatic imine (C=N–C) groups is 1. The molecule has 3 rings (SSSR count). The molecule has 0 aromatic heterocycles. The van der Waals surface area contributed by atoms with Crippen LogP contribution in [-0.4, -0.2) is 36.4 Å². The molecule has 1 aliphatic heterocycles. The number of rotatable bonds is 7. The van der Waals surface area contributed by atoms with Crippen LogP contribution in [0.2, 0.25) is 5.02 Å². The molecule has 2 aliphatic rings. The number of Topliss-reactive ketones (excluding diaryl/α,β-unsaturated/α-hetero) is 1. The van der Waals surface area contributed by atoms with Crippen molar-refractivity contribution < 1.29 is 14.3 Å². The van der Waals surface area contributed by atoms with Crippen LogP contribution in [0.25, 0.3) is 0 Å². The minimum atomic E-state index is -1.00. The molecular weight excluding hydrogens is 368 g/mol. The molecule has 7 nitrogen and oxygen atoms in total. The quantitative estimate of drug-likeness (QED) is 0.616. The zero-order valence-electron chi connectivity index (χ0n) is 15.1. The molecular formula is C19H25ClN4O3. The number of hydrogen-bond donors (Lipinski definition) is 3.